The van der Waals surface area contributed by atoms with Crippen molar-refractivity contribution in [1.29, 1.82) is 0 Å². The molecule has 0 rings (SSSR count). The Labute approximate surface area is 76.6 Å². The van der Waals surface area contributed by atoms with Crippen LogP contribution in [0.15, 0.2) is 0 Å². The summed E-state index contributed by atoms with van der Waals surface area (Å²) in [5.41, 5.74) is -0.573. The zero-order valence-corrected chi connectivity index (χ0v) is 9.09. The molecule has 0 aromatic rings. The highest BCUT2D eigenvalue weighted by atomic mass is 16.3. The predicted octanol–water partition coefficient (Wildman–Crippen LogP) is 1.88. The second-order valence-electron chi connectivity index (χ2n) is 4.37. The lowest BCUT2D eigenvalue weighted by atomic mass is 10.1. The van der Waals surface area contributed by atoms with E-state index in [-0.39, 0.29) is 0 Å². The van der Waals surface area contributed by atoms with Gasteiger partial charge in [0.15, 0.2) is 0 Å². The van der Waals surface area contributed by atoms with Crippen molar-refractivity contribution in [2.75, 3.05) is 13.6 Å². The molecule has 74 valence electrons. The summed E-state index contributed by atoms with van der Waals surface area (Å²) < 4.78 is 0. The molecule has 0 fully saturated rings. The van der Waals surface area contributed by atoms with Crippen LogP contribution >= 0.6 is 0 Å². The van der Waals surface area contributed by atoms with Gasteiger partial charge in [-0.25, -0.2) is 0 Å². The molecule has 0 aliphatic carbocycles. The van der Waals surface area contributed by atoms with Crippen molar-refractivity contribution >= 4 is 0 Å². The Morgan fingerprint density at radius 3 is 2.25 bits per heavy atom. The summed E-state index contributed by atoms with van der Waals surface area (Å²) in [6.45, 7) is 8.84. The molecule has 1 N–H and O–H groups in total. The van der Waals surface area contributed by atoms with E-state index in [1.165, 1.54) is 12.8 Å². The first-order chi connectivity index (χ1) is 5.37. The lowest BCUT2D eigenvalue weighted by Gasteiger charge is -2.30. The van der Waals surface area contributed by atoms with Crippen molar-refractivity contribution in [3.05, 3.63) is 0 Å². The van der Waals surface area contributed by atoms with Gasteiger partial charge in [0.05, 0.1) is 5.60 Å². The summed E-state index contributed by atoms with van der Waals surface area (Å²) >= 11 is 0. The molecule has 0 amide bonds. The van der Waals surface area contributed by atoms with Crippen LogP contribution in [0.25, 0.3) is 0 Å². The van der Waals surface area contributed by atoms with Gasteiger partial charge in [-0.15, -0.1) is 0 Å². The molecule has 1 unspecified atom stereocenters. The fourth-order valence-electron chi connectivity index (χ4n) is 1.40. The van der Waals surface area contributed by atoms with Gasteiger partial charge in [-0.3, -0.25) is 0 Å². The monoisotopic (exact) mass is 173 g/mol. The molecule has 0 saturated heterocycles. The number of rotatable bonds is 5. The molecule has 0 spiro atoms. The largest absolute Gasteiger partial charge is 0.389 e. The van der Waals surface area contributed by atoms with Crippen LogP contribution in [0.4, 0.5) is 0 Å². The van der Waals surface area contributed by atoms with Crippen molar-refractivity contribution in [1.82, 2.24) is 4.90 Å². The van der Waals surface area contributed by atoms with Crippen molar-refractivity contribution in [3.8, 4) is 0 Å². The van der Waals surface area contributed by atoms with E-state index >= 15 is 0 Å². The maximum atomic E-state index is 9.56. The summed E-state index contributed by atoms with van der Waals surface area (Å²) in [6.07, 6.45) is 2.41. The van der Waals surface area contributed by atoms with E-state index in [2.05, 4.69) is 25.8 Å². The number of likely N-dealkylation sites (N-methyl/N-ethyl adjacent to an activating group) is 1. The maximum absolute atomic E-state index is 9.56. The summed E-state index contributed by atoms with van der Waals surface area (Å²) in [7, 11) is 2.07. The van der Waals surface area contributed by atoms with Crippen molar-refractivity contribution < 1.29 is 5.11 Å². The van der Waals surface area contributed by atoms with Crippen LogP contribution in [0.5, 0.6) is 0 Å². The van der Waals surface area contributed by atoms with Crippen LogP contribution < -0.4 is 0 Å². The zero-order chi connectivity index (χ0) is 9.78. The summed E-state index contributed by atoms with van der Waals surface area (Å²) in [5, 5.41) is 9.56. The van der Waals surface area contributed by atoms with Crippen LogP contribution in [0, 0.1) is 0 Å². The Morgan fingerprint density at radius 2 is 1.92 bits per heavy atom. The van der Waals surface area contributed by atoms with Gasteiger partial charge in [-0.2, -0.15) is 0 Å². The van der Waals surface area contributed by atoms with E-state index in [4.69, 9.17) is 0 Å². The third kappa shape index (κ3) is 5.56. The molecule has 0 bridgehead atoms. The quantitative estimate of drug-likeness (QED) is 0.686. The number of nitrogens with zero attached hydrogens (tertiary/aromatic N) is 1. The molecule has 2 heteroatoms. The fraction of sp³-hybridized carbons (Fsp3) is 1.00. The molecule has 0 aliphatic rings. The smallest absolute Gasteiger partial charge is 0.0718 e. The minimum atomic E-state index is -0.573. The average molecular weight is 173 g/mol. The fourth-order valence-corrected chi connectivity index (χ4v) is 1.40. The zero-order valence-electron chi connectivity index (χ0n) is 9.09. The lowest BCUT2D eigenvalue weighted by molar-refractivity contribution is 0.0324. The van der Waals surface area contributed by atoms with Gasteiger partial charge in [-0.1, -0.05) is 13.3 Å². The van der Waals surface area contributed by atoms with E-state index in [0.29, 0.717) is 6.04 Å². The Balaban J connectivity index is 3.78. The minimum absolute atomic E-state index is 0.571. The molecule has 0 aliphatic heterocycles. The molecule has 1 atom stereocenters. The number of hydrogen-bond donors (Lipinski definition) is 1. The van der Waals surface area contributed by atoms with Gasteiger partial charge in [0.1, 0.15) is 0 Å². The standard InChI is InChI=1S/C10H23NO/c1-6-7-9(2)11(5)8-10(3,4)12/h9,12H,6-8H2,1-5H3. The number of hydrogen-bond acceptors (Lipinski definition) is 2. The second-order valence-corrected chi connectivity index (χ2v) is 4.37. The first kappa shape index (κ1) is 11.9. The molecule has 0 radical (unpaired) electrons. The van der Waals surface area contributed by atoms with E-state index < -0.39 is 5.60 Å². The summed E-state index contributed by atoms with van der Waals surface area (Å²) in [5.74, 6) is 0. The van der Waals surface area contributed by atoms with E-state index in [1.807, 2.05) is 13.8 Å². The molecule has 2 nitrogen and oxygen atoms in total. The Kier molecular flexibility index (Phi) is 4.80. The van der Waals surface area contributed by atoms with Gasteiger partial charge in [0.2, 0.25) is 0 Å². The van der Waals surface area contributed by atoms with Gasteiger partial charge >= 0.3 is 0 Å². The Bertz CT molecular complexity index is 117. The van der Waals surface area contributed by atoms with E-state index in [1.54, 1.807) is 0 Å². The second kappa shape index (κ2) is 4.83. The van der Waals surface area contributed by atoms with Gasteiger partial charge in [-0.05, 0) is 34.2 Å². The minimum Gasteiger partial charge on any atom is -0.389 e. The molecule has 0 aromatic heterocycles. The molecule has 12 heavy (non-hydrogen) atoms. The van der Waals surface area contributed by atoms with Crippen molar-refractivity contribution in [2.24, 2.45) is 0 Å². The summed E-state index contributed by atoms with van der Waals surface area (Å²) in [6, 6.07) is 0.571. The lowest BCUT2D eigenvalue weighted by Crippen LogP contribution is -2.40. The highest BCUT2D eigenvalue weighted by Gasteiger charge is 2.18. The van der Waals surface area contributed by atoms with Crippen molar-refractivity contribution in [2.45, 2.75) is 52.2 Å². The van der Waals surface area contributed by atoms with Gasteiger partial charge in [0.25, 0.3) is 0 Å². The summed E-state index contributed by atoms with van der Waals surface area (Å²) in [4.78, 5) is 2.21. The third-order valence-corrected chi connectivity index (χ3v) is 2.10. The normalized spacial score (nSPS) is 15.2. The van der Waals surface area contributed by atoms with Crippen LogP contribution in [-0.2, 0) is 0 Å². The third-order valence-electron chi connectivity index (χ3n) is 2.10. The molecule has 0 aromatic carbocycles. The maximum Gasteiger partial charge on any atom is 0.0718 e. The first-order valence-corrected chi connectivity index (χ1v) is 4.79. The number of aliphatic hydroxyl groups is 1. The van der Waals surface area contributed by atoms with Crippen molar-refractivity contribution in [3.63, 3.8) is 0 Å². The van der Waals surface area contributed by atoms with Crippen LogP contribution in [0.3, 0.4) is 0 Å². The average Bonchev–Trinajstić information content (AvgIpc) is 1.84. The van der Waals surface area contributed by atoms with E-state index in [9.17, 15) is 5.11 Å². The SMILES string of the molecule is CCCC(C)N(C)CC(C)(C)O. The van der Waals surface area contributed by atoms with E-state index in [0.717, 1.165) is 6.54 Å². The molecule has 0 heterocycles. The highest BCUT2D eigenvalue weighted by molar-refractivity contribution is 4.73. The molecular weight excluding hydrogens is 150 g/mol. The highest BCUT2D eigenvalue weighted by Crippen LogP contribution is 2.09. The van der Waals surface area contributed by atoms with Crippen LogP contribution in [0.1, 0.15) is 40.5 Å². The first-order valence-electron chi connectivity index (χ1n) is 4.79. The predicted molar refractivity (Wildman–Crippen MR) is 53.3 cm³/mol. The topological polar surface area (TPSA) is 23.5 Å². The molecule has 0 saturated carbocycles. The van der Waals surface area contributed by atoms with Gasteiger partial charge in [0, 0.05) is 12.6 Å². The Hall–Kier alpha value is -0.0800. The van der Waals surface area contributed by atoms with Gasteiger partial charge < -0.3 is 10.0 Å². The molecular formula is C10H23NO. The Morgan fingerprint density at radius 1 is 1.42 bits per heavy atom. The van der Waals surface area contributed by atoms with Crippen LogP contribution in [0.2, 0.25) is 0 Å². The van der Waals surface area contributed by atoms with Crippen LogP contribution in [-0.4, -0.2) is 35.2 Å².